The molecule has 1 aliphatic rings. The summed E-state index contributed by atoms with van der Waals surface area (Å²) in [4.78, 5) is 14.4. The fourth-order valence-electron chi connectivity index (χ4n) is 2.68. The van der Waals surface area contributed by atoms with E-state index in [1.807, 2.05) is 43.3 Å². The Balaban J connectivity index is 2.06. The molecule has 0 spiro atoms. The quantitative estimate of drug-likeness (QED) is 0.873. The summed E-state index contributed by atoms with van der Waals surface area (Å²) in [6.07, 6.45) is 4.02. The molecule has 1 amide bonds. The number of nitrogens with two attached hydrogens (primary N) is 1. The molecular formula is C15H23N3O. The maximum atomic E-state index is 12.4. The number of anilines is 2. The average molecular weight is 261 g/mol. The van der Waals surface area contributed by atoms with Crippen LogP contribution < -0.4 is 16.0 Å². The highest BCUT2D eigenvalue weighted by molar-refractivity contribution is 5.95. The zero-order chi connectivity index (χ0) is 13.9. The van der Waals surface area contributed by atoms with E-state index in [1.54, 1.807) is 0 Å². The van der Waals surface area contributed by atoms with Crippen LogP contribution in [0.4, 0.5) is 11.4 Å². The minimum atomic E-state index is -0.347. The Labute approximate surface area is 115 Å². The Kier molecular flexibility index (Phi) is 4.10. The van der Waals surface area contributed by atoms with Crippen LogP contribution in [0.25, 0.3) is 0 Å². The van der Waals surface area contributed by atoms with Gasteiger partial charge in [-0.1, -0.05) is 12.8 Å². The lowest BCUT2D eigenvalue weighted by atomic mass is 9.85. The van der Waals surface area contributed by atoms with Gasteiger partial charge in [0.15, 0.2) is 0 Å². The molecular weight excluding hydrogens is 238 g/mol. The van der Waals surface area contributed by atoms with Crippen molar-refractivity contribution in [1.82, 2.24) is 0 Å². The van der Waals surface area contributed by atoms with Crippen LogP contribution in [0.3, 0.4) is 0 Å². The van der Waals surface area contributed by atoms with E-state index in [9.17, 15) is 4.79 Å². The molecule has 1 fully saturated rings. The second-order valence-corrected chi connectivity index (χ2v) is 5.59. The minimum Gasteiger partial charge on any atom is -0.378 e. The lowest BCUT2D eigenvalue weighted by Crippen LogP contribution is -2.40. The van der Waals surface area contributed by atoms with Gasteiger partial charge in [0, 0.05) is 32.0 Å². The summed E-state index contributed by atoms with van der Waals surface area (Å²) in [6, 6.07) is 7.87. The number of benzene rings is 1. The second-order valence-electron chi connectivity index (χ2n) is 5.59. The first-order chi connectivity index (χ1) is 9.07. The van der Waals surface area contributed by atoms with Crippen LogP contribution in [0.2, 0.25) is 0 Å². The van der Waals surface area contributed by atoms with E-state index in [0.717, 1.165) is 37.1 Å². The molecule has 0 saturated heterocycles. The van der Waals surface area contributed by atoms with Crippen molar-refractivity contribution < 1.29 is 4.79 Å². The number of amides is 1. The Morgan fingerprint density at radius 3 is 2.32 bits per heavy atom. The zero-order valence-corrected chi connectivity index (χ0v) is 11.8. The van der Waals surface area contributed by atoms with Gasteiger partial charge in [0.25, 0.3) is 0 Å². The van der Waals surface area contributed by atoms with Gasteiger partial charge in [-0.05, 0) is 37.1 Å². The summed E-state index contributed by atoms with van der Waals surface area (Å²) in [7, 11) is 3.99. The Morgan fingerprint density at radius 1 is 1.26 bits per heavy atom. The molecule has 3 N–H and O–H groups in total. The highest BCUT2D eigenvalue weighted by Crippen LogP contribution is 2.38. The minimum absolute atomic E-state index is 0.0742. The van der Waals surface area contributed by atoms with Crippen molar-refractivity contribution in [1.29, 1.82) is 0 Å². The topological polar surface area (TPSA) is 58.4 Å². The Hall–Kier alpha value is -1.55. The molecule has 1 aliphatic carbocycles. The van der Waals surface area contributed by atoms with Crippen LogP contribution in [0.1, 0.15) is 25.7 Å². The molecule has 0 unspecified atom stereocenters. The monoisotopic (exact) mass is 261 g/mol. The van der Waals surface area contributed by atoms with Crippen LogP contribution in [0.5, 0.6) is 0 Å². The number of hydrogen-bond donors (Lipinski definition) is 2. The molecule has 1 aromatic carbocycles. The Bertz CT molecular complexity index is 433. The predicted molar refractivity (Wildman–Crippen MR) is 79.4 cm³/mol. The first-order valence-electron chi connectivity index (χ1n) is 6.86. The van der Waals surface area contributed by atoms with Gasteiger partial charge in [0.2, 0.25) is 5.91 Å². The van der Waals surface area contributed by atoms with Gasteiger partial charge in [-0.25, -0.2) is 0 Å². The molecule has 4 nitrogen and oxygen atoms in total. The van der Waals surface area contributed by atoms with Crippen LogP contribution >= 0.6 is 0 Å². The molecule has 2 rings (SSSR count). The molecule has 104 valence electrons. The van der Waals surface area contributed by atoms with Crippen molar-refractivity contribution in [2.24, 2.45) is 11.1 Å². The van der Waals surface area contributed by atoms with E-state index in [4.69, 9.17) is 5.73 Å². The van der Waals surface area contributed by atoms with Crippen molar-refractivity contribution in [3.05, 3.63) is 24.3 Å². The molecule has 0 atom stereocenters. The lowest BCUT2D eigenvalue weighted by Gasteiger charge is -2.25. The van der Waals surface area contributed by atoms with Gasteiger partial charge < -0.3 is 16.0 Å². The van der Waals surface area contributed by atoms with Crippen molar-refractivity contribution in [3.63, 3.8) is 0 Å². The molecule has 0 aliphatic heterocycles. The summed E-state index contributed by atoms with van der Waals surface area (Å²) >= 11 is 0. The van der Waals surface area contributed by atoms with E-state index in [1.165, 1.54) is 0 Å². The van der Waals surface area contributed by atoms with Gasteiger partial charge in [-0.2, -0.15) is 0 Å². The van der Waals surface area contributed by atoms with E-state index in [0.29, 0.717) is 6.54 Å². The Morgan fingerprint density at radius 2 is 1.84 bits per heavy atom. The number of nitrogens with zero attached hydrogens (tertiary/aromatic N) is 1. The van der Waals surface area contributed by atoms with E-state index < -0.39 is 0 Å². The predicted octanol–water partition coefficient (Wildman–Crippen LogP) is 2.21. The van der Waals surface area contributed by atoms with Crippen LogP contribution in [0, 0.1) is 5.41 Å². The van der Waals surface area contributed by atoms with Gasteiger partial charge in [-0.15, -0.1) is 0 Å². The fourth-order valence-corrected chi connectivity index (χ4v) is 2.68. The lowest BCUT2D eigenvalue weighted by molar-refractivity contribution is -0.124. The summed E-state index contributed by atoms with van der Waals surface area (Å²) < 4.78 is 0. The molecule has 0 bridgehead atoms. The summed E-state index contributed by atoms with van der Waals surface area (Å²) in [5.74, 6) is 0.0742. The third-order valence-electron chi connectivity index (χ3n) is 4.07. The third kappa shape index (κ3) is 2.89. The maximum Gasteiger partial charge on any atom is 0.231 e. The number of nitrogens with one attached hydrogen (secondary N) is 1. The van der Waals surface area contributed by atoms with E-state index in [2.05, 4.69) is 5.32 Å². The smallest absolute Gasteiger partial charge is 0.231 e. The van der Waals surface area contributed by atoms with Crippen molar-refractivity contribution >= 4 is 17.3 Å². The molecule has 0 heterocycles. The molecule has 0 radical (unpaired) electrons. The highest BCUT2D eigenvalue weighted by Gasteiger charge is 2.39. The first kappa shape index (κ1) is 13.9. The molecule has 4 heteroatoms. The van der Waals surface area contributed by atoms with Gasteiger partial charge in [0.05, 0.1) is 5.41 Å². The van der Waals surface area contributed by atoms with Crippen molar-refractivity contribution in [2.45, 2.75) is 25.7 Å². The molecule has 19 heavy (non-hydrogen) atoms. The van der Waals surface area contributed by atoms with Crippen LogP contribution in [-0.4, -0.2) is 26.5 Å². The average Bonchev–Trinajstić information content (AvgIpc) is 2.89. The normalized spacial score (nSPS) is 17.2. The van der Waals surface area contributed by atoms with Crippen LogP contribution in [-0.2, 0) is 4.79 Å². The zero-order valence-electron chi connectivity index (χ0n) is 11.8. The summed E-state index contributed by atoms with van der Waals surface area (Å²) in [5, 5.41) is 3.00. The standard InChI is InChI=1S/C15H23N3O/c1-18(2)13-7-5-12(6-8-13)17-14(19)15(11-16)9-3-4-10-15/h5-8H,3-4,9-11,16H2,1-2H3,(H,17,19). The van der Waals surface area contributed by atoms with Gasteiger partial charge in [-0.3, -0.25) is 4.79 Å². The van der Waals surface area contributed by atoms with Gasteiger partial charge >= 0.3 is 0 Å². The number of carbonyl (C=O) groups is 1. The highest BCUT2D eigenvalue weighted by atomic mass is 16.2. The second kappa shape index (κ2) is 5.61. The first-order valence-corrected chi connectivity index (χ1v) is 6.86. The largest absolute Gasteiger partial charge is 0.378 e. The molecule has 0 aromatic heterocycles. The SMILES string of the molecule is CN(C)c1ccc(NC(=O)C2(CN)CCCC2)cc1. The maximum absolute atomic E-state index is 12.4. The van der Waals surface area contributed by atoms with Crippen molar-refractivity contribution in [3.8, 4) is 0 Å². The summed E-state index contributed by atoms with van der Waals surface area (Å²) in [6.45, 7) is 0.439. The third-order valence-corrected chi connectivity index (χ3v) is 4.07. The summed E-state index contributed by atoms with van der Waals surface area (Å²) in [5.41, 5.74) is 7.43. The van der Waals surface area contributed by atoms with E-state index in [-0.39, 0.29) is 11.3 Å². The fraction of sp³-hybridized carbons (Fsp3) is 0.533. The van der Waals surface area contributed by atoms with E-state index >= 15 is 0 Å². The van der Waals surface area contributed by atoms with Crippen LogP contribution in [0.15, 0.2) is 24.3 Å². The molecule has 1 saturated carbocycles. The van der Waals surface area contributed by atoms with Gasteiger partial charge in [0.1, 0.15) is 0 Å². The molecule has 1 aromatic rings. The number of carbonyl (C=O) groups excluding carboxylic acids is 1. The van der Waals surface area contributed by atoms with Crippen molar-refractivity contribution in [2.75, 3.05) is 30.9 Å². The number of hydrogen-bond acceptors (Lipinski definition) is 3. The number of rotatable bonds is 4.